The second-order valence-corrected chi connectivity index (χ2v) is 4.61. The minimum absolute atomic E-state index is 0.378. The van der Waals surface area contributed by atoms with Crippen LogP contribution in [-0.4, -0.2) is 18.1 Å². The lowest BCUT2D eigenvalue weighted by atomic mass is 10.3. The lowest BCUT2D eigenvalue weighted by Crippen LogP contribution is -1.98. The third-order valence-corrected chi connectivity index (χ3v) is 2.98. The Bertz CT molecular complexity index is 398. The van der Waals surface area contributed by atoms with Crippen molar-refractivity contribution in [1.82, 2.24) is 0 Å². The van der Waals surface area contributed by atoms with Crippen LogP contribution in [-0.2, 0) is 10.1 Å². The summed E-state index contributed by atoms with van der Waals surface area (Å²) in [5.74, 6) is -0.416. The van der Waals surface area contributed by atoms with Gasteiger partial charge in [-0.25, -0.2) is 0 Å². The topological polar surface area (TPSA) is 74.6 Å². The Morgan fingerprint density at radius 3 is 2.33 bits per heavy atom. The van der Waals surface area contributed by atoms with Crippen LogP contribution in [0.3, 0.4) is 0 Å². The maximum Gasteiger partial charge on any atom is 0.298 e. The summed E-state index contributed by atoms with van der Waals surface area (Å²) in [5, 5.41) is 9.19. The summed E-state index contributed by atoms with van der Waals surface area (Å²) >= 11 is 1.76. The van der Waals surface area contributed by atoms with Gasteiger partial charge in [-0.15, -0.1) is 0 Å². The highest BCUT2D eigenvalue weighted by atomic mass is 127. The van der Waals surface area contributed by atoms with Crippen molar-refractivity contribution in [2.75, 3.05) is 0 Å². The monoisotopic (exact) mass is 300 g/mol. The van der Waals surface area contributed by atoms with Crippen molar-refractivity contribution in [2.45, 2.75) is 4.90 Å². The van der Waals surface area contributed by atoms with E-state index in [1.54, 1.807) is 22.6 Å². The lowest BCUT2D eigenvalue weighted by Gasteiger charge is -2.01. The third kappa shape index (κ3) is 1.87. The first kappa shape index (κ1) is 9.75. The predicted molar refractivity (Wildman–Crippen MR) is 50.6 cm³/mol. The molecule has 12 heavy (non-hydrogen) atoms. The highest BCUT2D eigenvalue weighted by molar-refractivity contribution is 14.1. The van der Waals surface area contributed by atoms with Crippen LogP contribution in [0.25, 0.3) is 0 Å². The summed E-state index contributed by atoms with van der Waals surface area (Å²) in [6, 6.07) is 4.10. The number of halogens is 1. The molecule has 0 aromatic heterocycles. The molecule has 0 heterocycles. The molecule has 0 spiro atoms. The van der Waals surface area contributed by atoms with E-state index in [4.69, 9.17) is 4.55 Å². The zero-order valence-corrected chi connectivity index (χ0v) is 8.70. The molecule has 4 nitrogen and oxygen atoms in total. The van der Waals surface area contributed by atoms with Gasteiger partial charge in [-0.2, -0.15) is 8.42 Å². The summed E-state index contributed by atoms with van der Waals surface area (Å²) < 4.78 is 30.2. The van der Waals surface area contributed by atoms with Gasteiger partial charge in [0.2, 0.25) is 0 Å². The molecule has 0 atom stereocenters. The first-order valence-corrected chi connectivity index (χ1v) is 5.40. The molecule has 0 radical (unpaired) electrons. The molecule has 1 aromatic carbocycles. The number of hydrogen-bond acceptors (Lipinski definition) is 3. The Labute approximate surface area is 83.1 Å². The Kier molecular flexibility index (Phi) is 2.59. The van der Waals surface area contributed by atoms with Crippen molar-refractivity contribution < 1.29 is 18.1 Å². The zero-order valence-electron chi connectivity index (χ0n) is 5.73. The molecule has 0 bridgehead atoms. The first-order valence-electron chi connectivity index (χ1n) is 2.88. The molecular formula is C6H5IO4S. The van der Waals surface area contributed by atoms with Gasteiger partial charge in [0.25, 0.3) is 10.1 Å². The molecule has 0 amide bonds. The summed E-state index contributed by atoms with van der Waals surface area (Å²) in [6.45, 7) is 0. The molecule has 0 saturated heterocycles. The predicted octanol–water partition coefficient (Wildman–Crippen LogP) is 1.24. The Morgan fingerprint density at radius 1 is 1.33 bits per heavy atom. The fourth-order valence-electron chi connectivity index (χ4n) is 0.704. The number of phenolic OH excluding ortho intramolecular Hbond substituents is 1. The minimum Gasteiger partial charge on any atom is -0.505 e. The molecular weight excluding hydrogens is 295 g/mol. The Hall–Kier alpha value is -0.340. The van der Waals surface area contributed by atoms with E-state index in [-0.39, 0.29) is 0 Å². The van der Waals surface area contributed by atoms with E-state index in [1.807, 2.05) is 0 Å². The van der Waals surface area contributed by atoms with E-state index < -0.39 is 20.8 Å². The van der Waals surface area contributed by atoms with E-state index in [0.717, 1.165) is 6.07 Å². The van der Waals surface area contributed by atoms with E-state index in [0.29, 0.717) is 3.57 Å². The maximum absolute atomic E-state index is 10.6. The van der Waals surface area contributed by atoms with Gasteiger partial charge in [-0.3, -0.25) is 4.55 Å². The number of rotatable bonds is 1. The van der Waals surface area contributed by atoms with Crippen molar-refractivity contribution >= 4 is 32.7 Å². The minimum atomic E-state index is -4.31. The van der Waals surface area contributed by atoms with Crippen LogP contribution in [0.5, 0.6) is 5.75 Å². The molecule has 0 fully saturated rings. The summed E-state index contributed by atoms with van der Waals surface area (Å²) in [6.07, 6.45) is 0. The van der Waals surface area contributed by atoms with Gasteiger partial charge in [0.1, 0.15) is 10.6 Å². The molecule has 0 aliphatic carbocycles. The highest BCUT2D eigenvalue weighted by Gasteiger charge is 2.16. The van der Waals surface area contributed by atoms with Gasteiger partial charge in [0.15, 0.2) is 0 Å². The number of phenols is 1. The van der Waals surface area contributed by atoms with E-state index in [9.17, 15) is 13.5 Å². The zero-order chi connectivity index (χ0) is 9.35. The Balaban J connectivity index is 3.47. The Morgan fingerprint density at radius 2 is 1.92 bits per heavy atom. The van der Waals surface area contributed by atoms with Crippen LogP contribution in [0.15, 0.2) is 23.1 Å². The molecule has 1 aromatic rings. The van der Waals surface area contributed by atoms with E-state index in [1.165, 1.54) is 12.1 Å². The van der Waals surface area contributed by atoms with Crippen molar-refractivity contribution in [3.8, 4) is 5.75 Å². The van der Waals surface area contributed by atoms with E-state index >= 15 is 0 Å². The molecule has 1 rings (SSSR count). The fourth-order valence-corrected chi connectivity index (χ4v) is 1.99. The summed E-state index contributed by atoms with van der Waals surface area (Å²) in [5.41, 5.74) is 0. The number of hydrogen-bond donors (Lipinski definition) is 2. The quantitative estimate of drug-likeness (QED) is 0.604. The molecule has 0 aliphatic rings. The fraction of sp³-hybridized carbons (Fsp3) is 0. The maximum atomic E-state index is 10.6. The van der Waals surface area contributed by atoms with Gasteiger partial charge >= 0.3 is 0 Å². The number of aromatic hydroxyl groups is 1. The lowest BCUT2D eigenvalue weighted by molar-refractivity contribution is 0.440. The number of benzene rings is 1. The highest BCUT2D eigenvalue weighted by Crippen LogP contribution is 2.27. The molecule has 6 heteroatoms. The van der Waals surface area contributed by atoms with Gasteiger partial charge < -0.3 is 5.11 Å². The van der Waals surface area contributed by atoms with Crippen molar-refractivity contribution in [1.29, 1.82) is 0 Å². The van der Waals surface area contributed by atoms with Crippen LogP contribution < -0.4 is 0 Å². The van der Waals surface area contributed by atoms with Crippen molar-refractivity contribution in [3.63, 3.8) is 0 Å². The SMILES string of the molecule is O=S(=O)(O)c1cccc(I)c1O. The molecule has 0 unspecified atom stereocenters. The standard InChI is InChI=1S/C6H5IO4S/c7-4-2-1-3-5(6(4)8)12(9,10)11/h1-3,8H,(H,9,10,11). The normalized spacial score (nSPS) is 11.5. The van der Waals surface area contributed by atoms with Crippen LogP contribution in [0.1, 0.15) is 0 Å². The number of para-hydroxylation sites is 1. The molecule has 0 aliphatic heterocycles. The second-order valence-electron chi connectivity index (χ2n) is 2.06. The summed E-state index contributed by atoms with van der Waals surface area (Å²) in [7, 11) is -4.31. The van der Waals surface area contributed by atoms with Crippen LogP contribution >= 0.6 is 22.6 Å². The smallest absolute Gasteiger partial charge is 0.298 e. The largest absolute Gasteiger partial charge is 0.505 e. The van der Waals surface area contributed by atoms with Crippen LogP contribution in [0.2, 0.25) is 0 Å². The summed E-state index contributed by atoms with van der Waals surface area (Å²) in [4.78, 5) is -0.464. The molecule has 2 N–H and O–H groups in total. The molecule has 0 saturated carbocycles. The van der Waals surface area contributed by atoms with Crippen molar-refractivity contribution in [2.24, 2.45) is 0 Å². The average Bonchev–Trinajstić information content (AvgIpc) is 1.92. The van der Waals surface area contributed by atoms with Gasteiger partial charge in [-0.1, -0.05) is 6.07 Å². The van der Waals surface area contributed by atoms with Crippen LogP contribution in [0, 0.1) is 3.57 Å². The van der Waals surface area contributed by atoms with E-state index in [2.05, 4.69) is 0 Å². The first-order chi connectivity index (χ1) is 5.43. The third-order valence-electron chi connectivity index (χ3n) is 1.23. The second kappa shape index (κ2) is 3.19. The van der Waals surface area contributed by atoms with Gasteiger partial charge in [0, 0.05) is 0 Å². The molecule has 66 valence electrons. The average molecular weight is 300 g/mol. The van der Waals surface area contributed by atoms with Gasteiger partial charge in [0.05, 0.1) is 3.57 Å². The van der Waals surface area contributed by atoms with Crippen LogP contribution in [0.4, 0.5) is 0 Å². The van der Waals surface area contributed by atoms with Crippen molar-refractivity contribution in [3.05, 3.63) is 21.8 Å². The van der Waals surface area contributed by atoms with Gasteiger partial charge in [-0.05, 0) is 34.7 Å².